The molecule has 8 heteroatoms. The standard InChI is InChI=1S/C18H18FN3O3S/c1-11-16(17(20)25)26-18(22-9-7-14(23)10-15(22)24)21(11)8-6-12-2-4-13(19)5-3-12/h2-5,7,9-10,18,23H,6,8H2,1H3,(H2,20,25). The number of hydrogen-bond acceptors (Lipinski definition) is 5. The second-order valence-corrected chi connectivity index (χ2v) is 6.99. The number of aromatic hydroxyl groups is 1. The SMILES string of the molecule is CC1=C(C(N)=O)SC(n2ccc(O)cc2=O)N1CCc1ccc(F)cc1. The Morgan fingerprint density at radius 1 is 1.31 bits per heavy atom. The van der Waals surface area contributed by atoms with Crippen LogP contribution in [0.3, 0.4) is 0 Å². The van der Waals surface area contributed by atoms with Crippen LogP contribution in [0.2, 0.25) is 0 Å². The first-order valence-corrected chi connectivity index (χ1v) is 8.84. The fourth-order valence-corrected chi connectivity index (χ4v) is 4.13. The molecule has 0 saturated heterocycles. The van der Waals surface area contributed by atoms with Gasteiger partial charge in [-0.3, -0.25) is 14.2 Å². The number of primary amides is 1. The first-order valence-electron chi connectivity index (χ1n) is 7.96. The summed E-state index contributed by atoms with van der Waals surface area (Å²) in [6, 6.07) is 8.73. The van der Waals surface area contributed by atoms with E-state index in [9.17, 15) is 19.1 Å². The highest BCUT2D eigenvalue weighted by molar-refractivity contribution is 8.04. The van der Waals surface area contributed by atoms with Gasteiger partial charge in [-0.05, 0) is 37.1 Å². The van der Waals surface area contributed by atoms with Crippen LogP contribution >= 0.6 is 11.8 Å². The van der Waals surface area contributed by atoms with Gasteiger partial charge >= 0.3 is 0 Å². The zero-order chi connectivity index (χ0) is 18.8. The second kappa shape index (κ2) is 7.25. The van der Waals surface area contributed by atoms with Crippen molar-refractivity contribution < 1.29 is 14.3 Å². The first kappa shape index (κ1) is 18.1. The number of nitrogens with two attached hydrogens (primary N) is 1. The molecule has 3 rings (SSSR count). The van der Waals surface area contributed by atoms with E-state index in [1.807, 2.05) is 4.90 Å². The molecule has 1 aromatic carbocycles. The van der Waals surface area contributed by atoms with E-state index in [2.05, 4.69) is 0 Å². The lowest BCUT2D eigenvalue weighted by atomic mass is 10.1. The molecule has 1 amide bonds. The lowest BCUT2D eigenvalue weighted by molar-refractivity contribution is -0.114. The van der Waals surface area contributed by atoms with Crippen LogP contribution < -0.4 is 11.3 Å². The first-order chi connectivity index (χ1) is 12.4. The van der Waals surface area contributed by atoms with Gasteiger partial charge in [-0.25, -0.2) is 4.39 Å². The van der Waals surface area contributed by atoms with Gasteiger partial charge in [0.2, 0.25) is 0 Å². The van der Waals surface area contributed by atoms with E-state index in [-0.39, 0.29) is 17.1 Å². The van der Waals surface area contributed by atoms with E-state index in [1.54, 1.807) is 19.1 Å². The highest BCUT2D eigenvalue weighted by Crippen LogP contribution is 2.43. The Morgan fingerprint density at radius 3 is 2.62 bits per heavy atom. The minimum absolute atomic E-state index is 0.119. The molecule has 1 unspecified atom stereocenters. The second-order valence-electron chi connectivity index (χ2n) is 5.92. The Hall–Kier alpha value is -2.74. The van der Waals surface area contributed by atoms with Crippen molar-refractivity contribution in [3.8, 4) is 5.75 Å². The zero-order valence-corrected chi connectivity index (χ0v) is 14.9. The van der Waals surface area contributed by atoms with Gasteiger partial charge in [-0.1, -0.05) is 23.9 Å². The molecule has 0 saturated carbocycles. The van der Waals surface area contributed by atoms with Gasteiger partial charge in [0.25, 0.3) is 11.5 Å². The maximum absolute atomic E-state index is 13.1. The molecule has 136 valence electrons. The van der Waals surface area contributed by atoms with Crippen molar-refractivity contribution in [2.45, 2.75) is 18.8 Å². The fourth-order valence-electron chi connectivity index (χ4n) is 2.83. The van der Waals surface area contributed by atoms with E-state index >= 15 is 0 Å². The summed E-state index contributed by atoms with van der Waals surface area (Å²) in [5.74, 6) is -0.966. The number of carbonyl (C=O) groups is 1. The van der Waals surface area contributed by atoms with Crippen LogP contribution in [0.1, 0.15) is 18.0 Å². The highest BCUT2D eigenvalue weighted by atomic mass is 32.2. The Labute approximate surface area is 153 Å². The summed E-state index contributed by atoms with van der Waals surface area (Å²) in [5.41, 5.74) is 6.23. The average Bonchev–Trinajstić information content (AvgIpc) is 2.91. The van der Waals surface area contributed by atoms with Crippen molar-refractivity contribution in [3.63, 3.8) is 0 Å². The number of thioether (sulfide) groups is 1. The summed E-state index contributed by atoms with van der Waals surface area (Å²) in [4.78, 5) is 26.3. The van der Waals surface area contributed by atoms with Crippen LogP contribution in [0.4, 0.5) is 4.39 Å². The Kier molecular flexibility index (Phi) is 5.03. The summed E-state index contributed by atoms with van der Waals surface area (Å²) in [6.45, 7) is 2.29. The number of allylic oxidation sites excluding steroid dienone is 1. The predicted molar refractivity (Wildman–Crippen MR) is 97.7 cm³/mol. The van der Waals surface area contributed by atoms with Crippen molar-refractivity contribution in [2.75, 3.05) is 6.54 Å². The molecule has 26 heavy (non-hydrogen) atoms. The molecular weight excluding hydrogens is 357 g/mol. The van der Waals surface area contributed by atoms with Crippen molar-refractivity contribution in [1.82, 2.24) is 9.47 Å². The molecule has 1 aliphatic heterocycles. The number of nitrogens with zero attached hydrogens (tertiary/aromatic N) is 2. The average molecular weight is 375 g/mol. The number of aromatic nitrogens is 1. The molecule has 3 N–H and O–H groups in total. The summed E-state index contributed by atoms with van der Waals surface area (Å²) in [6.07, 6.45) is 2.09. The molecule has 1 atom stereocenters. The maximum atomic E-state index is 13.1. The molecular formula is C18H18FN3O3S. The molecule has 6 nitrogen and oxygen atoms in total. The Bertz CT molecular complexity index is 924. The van der Waals surface area contributed by atoms with Crippen molar-refractivity contribution in [3.05, 3.63) is 74.9 Å². The van der Waals surface area contributed by atoms with Crippen LogP contribution in [0, 0.1) is 5.82 Å². The Balaban J connectivity index is 1.89. The number of halogens is 1. The predicted octanol–water partition coefficient (Wildman–Crippen LogP) is 2.16. The van der Waals surface area contributed by atoms with Gasteiger partial charge < -0.3 is 15.7 Å². The number of pyridine rings is 1. The van der Waals surface area contributed by atoms with Gasteiger partial charge in [0.05, 0.1) is 4.91 Å². The fraction of sp³-hybridized carbons (Fsp3) is 0.222. The summed E-state index contributed by atoms with van der Waals surface area (Å²) in [7, 11) is 0. The van der Waals surface area contributed by atoms with E-state index in [4.69, 9.17) is 5.73 Å². The monoisotopic (exact) mass is 375 g/mol. The van der Waals surface area contributed by atoms with Crippen molar-refractivity contribution in [2.24, 2.45) is 5.73 Å². The number of hydrogen-bond donors (Lipinski definition) is 2. The molecule has 1 aromatic heterocycles. The van der Waals surface area contributed by atoms with E-state index in [0.717, 1.165) is 11.6 Å². The van der Waals surface area contributed by atoms with Gasteiger partial charge in [0.1, 0.15) is 11.6 Å². The minimum atomic E-state index is -0.548. The number of amides is 1. The van der Waals surface area contributed by atoms with E-state index in [0.29, 0.717) is 23.6 Å². The van der Waals surface area contributed by atoms with Gasteiger partial charge in [0, 0.05) is 24.5 Å². The molecule has 1 aliphatic rings. The summed E-state index contributed by atoms with van der Waals surface area (Å²) < 4.78 is 14.5. The third-order valence-electron chi connectivity index (χ3n) is 4.20. The van der Waals surface area contributed by atoms with Crippen molar-refractivity contribution in [1.29, 1.82) is 0 Å². The molecule has 0 aliphatic carbocycles. The molecule has 0 radical (unpaired) electrons. The Morgan fingerprint density at radius 2 is 2.00 bits per heavy atom. The van der Waals surface area contributed by atoms with Gasteiger partial charge in [0.15, 0.2) is 5.50 Å². The highest BCUT2D eigenvalue weighted by Gasteiger charge is 2.34. The third kappa shape index (κ3) is 3.60. The largest absolute Gasteiger partial charge is 0.508 e. The van der Waals surface area contributed by atoms with Gasteiger partial charge in [-0.2, -0.15) is 0 Å². The third-order valence-corrected chi connectivity index (χ3v) is 5.62. The van der Waals surface area contributed by atoms with Crippen LogP contribution in [0.25, 0.3) is 0 Å². The number of rotatable bonds is 5. The topological polar surface area (TPSA) is 88.6 Å². The number of carbonyl (C=O) groups excluding carboxylic acids is 1. The lowest BCUT2D eigenvalue weighted by Crippen LogP contribution is -2.33. The maximum Gasteiger partial charge on any atom is 0.257 e. The molecule has 2 aromatic rings. The molecule has 0 spiro atoms. The van der Waals surface area contributed by atoms with E-state index in [1.165, 1.54) is 40.7 Å². The normalized spacial score (nSPS) is 17.0. The van der Waals surface area contributed by atoms with Gasteiger partial charge in [-0.15, -0.1) is 0 Å². The zero-order valence-electron chi connectivity index (χ0n) is 14.1. The minimum Gasteiger partial charge on any atom is -0.508 e. The van der Waals surface area contributed by atoms with E-state index < -0.39 is 11.4 Å². The van der Waals surface area contributed by atoms with Crippen LogP contribution in [-0.2, 0) is 11.2 Å². The van der Waals surface area contributed by atoms with Crippen LogP contribution in [0.5, 0.6) is 5.75 Å². The van der Waals surface area contributed by atoms with Crippen LogP contribution in [0.15, 0.2) is 58.0 Å². The smallest absolute Gasteiger partial charge is 0.257 e. The quantitative estimate of drug-likeness (QED) is 0.836. The van der Waals surface area contributed by atoms with Crippen LogP contribution in [-0.4, -0.2) is 27.0 Å². The summed E-state index contributed by atoms with van der Waals surface area (Å²) >= 11 is 1.20. The molecule has 2 heterocycles. The van der Waals surface area contributed by atoms with Crippen molar-refractivity contribution >= 4 is 17.7 Å². The molecule has 0 fully saturated rings. The summed E-state index contributed by atoms with van der Waals surface area (Å²) in [5, 5.41) is 9.46. The molecule has 0 bridgehead atoms. The number of benzene rings is 1. The lowest BCUT2D eigenvalue weighted by Gasteiger charge is -2.29.